The van der Waals surface area contributed by atoms with E-state index in [0.717, 1.165) is 31.4 Å². The number of likely N-dealkylation sites (tertiary alicyclic amines) is 1. The maximum absolute atomic E-state index is 12.6. The Hall–Kier alpha value is -1.81. The first-order valence-electron chi connectivity index (χ1n) is 9.06. The second kappa shape index (κ2) is 7.07. The number of hydrogen-bond donors (Lipinski definition) is 0. The molecule has 1 saturated carbocycles. The number of halogens is 1. The monoisotopic (exact) mass is 375 g/mol. The first kappa shape index (κ1) is 19.0. The molecule has 2 fully saturated rings. The first-order chi connectivity index (χ1) is 12.2. The van der Waals surface area contributed by atoms with Crippen LogP contribution in [0.25, 0.3) is 6.08 Å². The van der Waals surface area contributed by atoms with Crippen molar-refractivity contribution in [3.8, 4) is 0 Å². The number of benzene rings is 1. The van der Waals surface area contributed by atoms with E-state index in [9.17, 15) is 9.59 Å². The average Bonchev–Trinajstić information content (AvgIpc) is 2.81. The summed E-state index contributed by atoms with van der Waals surface area (Å²) < 4.78 is 5.15. The number of amides is 1. The maximum atomic E-state index is 12.6. The largest absolute Gasteiger partial charge is 0.452 e. The van der Waals surface area contributed by atoms with Crippen LogP contribution < -0.4 is 0 Å². The predicted octanol–water partition coefficient (Wildman–Crippen LogP) is 4.32. The quantitative estimate of drug-likeness (QED) is 0.581. The Labute approximate surface area is 160 Å². The Kier molecular flexibility index (Phi) is 5.16. The lowest BCUT2D eigenvalue weighted by Gasteiger charge is -2.39. The summed E-state index contributed by atoms with van der Waals surface area (Å²) in [6.45, 7) is 7.36. The van der Waals surface area contributed by atoms with Crippen LogP contribution in [0.1, 0.15) is 45.6 Å². The molecular weight excluding hydrogens is 350 g/mol. The molecule has 0 N–H and O–H groups in total. The lowest BCUT2D eigenvalue weighted by Crippen LogP contribution is -2.39. The van der Waals surface area contributed by atoms with Crippen LogP contribution >= 0.6 is 11.6 Å². The number of hydrogen-bond acceptors (Lipinski definition) is 3. The van der Waals surface area contributed by atoms with Gasteiger partial charge in [0.25, 0.3) is 5.91 Å². The van der Waals surface area contributed by atoms with Crippen molar-refractivity contribution in [3.63, 3.8) is 0 Å². The van der Waals surface area contributed by atoms with E-state index < -0.39 is 5.97 Å². The van der Waals surface area contributed by atoms with Gasteiger partial charge in [-0.15, -0.1) is 0 Å². The van der Waals surface area contributed by atoms with E-state index in [0.29, 0.717) is 5.02 Å². The fourth-order valence-corrected chi connectivity index (χ4v) is 4.88. The second-order valence-electron chi connectivity index (χ2n) is 8.73. The Morgan fingerprint density at radius 1 is 1.23 bits per heavy atom. The van der Waals surface area contributed by atoms with E-state index in [-0.39, 0.29) is 29.4 Å². The van der Waals surface area contributed by atoms with Gasteiger partial charge in [-0.1, -0.05) is 44.5 Å². The molecule has 1 heterocycles. The van der Waals surface area contributed by atoms with E-state index in [1.807, 2.05) is 17.0 Å². The molecule has 4 nitrogen and oxygen atoms in total. The minimum absolute atomic E-state index is 0.0929. The minimum Gasteiger partial charge on any atom is -0.452 e. The van der Waals surface area contributed by atoms with Crippen molar-refractivity contribution in [2.45, 2.75) is 46.1 Å². The SMILES string of the molecule is CC1(C)C[C@@H]2C[C@@](C)(CN2C(=O)COC(=O)/C=C/c2ccc(Cl)cc2)C1. The third kappa shape index (κ3) is 4.47. The van der Waals surface area contributed by atoms with Crippen molar-refractivity contribution in [2.24, 2.45) is 10.8 Å². The molecule has 0 aromatic heterocycles. The average molecular weight is 376 g/mol. The van der Waals surface area contributed by atoms with Gasteiger partial charge in [-0.2, -0.15) is 0 Å². The summed E-state index contributed by atoms with van der Waals surface area (Å²) in [4.78, 5) is 26.4. The Morgan fingerprint density at radius 3 is 2.62 bits per heavy atom. The topological polar surface area (TPSA) is 46.6 Å². The number of nitrogens with zero attached hydrogens (tertiary/aromatic N) is 1. The van der Waals surface area contributed by atoms with Gasteiger partial charge in [-0.3, -0.25) is 4.79 Å². The highest BCUT2D eigenvalue weighted by atomic mass is 35.5. The molecule has 1 aromatic carbocycles. The molecule has 1 aromatic rings. The van der Waals surface area contributed by atoms with Gasteiger partial charge in [0.05, 0.1) is 0 Å². The van der Waals surface area contributed by atoms with Crippen LogP contribution in [-0.4, -0.2) is 36.0 Å². The third-order valence-electron chi connectivity index (χ3n) is 5.35. The van der Waals surface area contributed by atoms with E-state index in [2.05, 4.69) is 20.8 Å². The van der Waals surface area contributed by atoms with Crippen LogP contribution in [-0.2, 0) is 14.3 Å². The highest BCUT2D eigenvalue weighted by Crippen LogP contribution is 2.52. The zero-order valence-electron chi connectivity index (χ0n) is 15.6. The number of carbonyl (C=O) groups excluding carboxylic acids is 2. The molecule has 140 valence electrons. The summed E-state index contributed by atoms with van der Waals surface area (Å²) in [5, 5.41) is 0.642. The van der Waals surface area contributed by atoms with Gasteiger partial charge < -0.3 is 9.64 Å². The maximum Gasteiger partial charge on any atom is 0.331 e. The number of carbonyl (C=O) groups is 2. The Morgan fingerprint density at radius 2 is 1.92 bits per heavy atom. The highest BCUT2D eigenvalue weighted by molar-refractivity contribution is 6.30. The van der Waals surface area contributed by atoms with E-state index >= 15 is 0 Å². The van der Waals surface area contributed by atoms with Crippen LogP contribution in [0.3, 0.4) is 0 Å². The van der Waals surface area contributed by atoms with E-state index in [4.69, 9.17) is 16.3 Å². The van der Waals surface area contributed by atoms with Crippen LogP contribution in [0.15, 0.2) is 30.3 Å². The summed E-state index contributed by atoms with van der Waals surface area (Å²) in [5.41, 5.74) is 1.28. The molecule has 0 unspecified atom stereocenters. The van der Waals surface area contributed by atoms with E-state index in [1.165, 1.54) is 6.08 Å². The molecule has 0 radical (unpaired) electrons. The van der Waals surface area contributed by atoms with Crippen LogP contribution in [0.4, 0.5) is 0 Å². The molecule has 1 amide bonds. The number of rotatable bonds is 4. The van der Waals surface area contributed by atoms with Gasteiger partial charge in [0.1, 0.15) is 0 Å². The molecule has 2 aliphatic rings. The summed E-state index contributed by atoms with van der Waals surface area (Å²) >= 11 is 5.83. The first-order valence-corrected chi connectivity index (χ1v) is 9.44. The molecule has 0 spiro atoms. The molecule has 5 heteroatoms. The summed E-state index contributed by atoms with van der Waals surface area (Å²) in [7, 11) is 0. The van der Waals surface area contributed by atoms with Gasteiger partial charge in [0, 0.05) is 23.7 Å². The fraction of sp³-hybridized carbons (Fsp3) is 0.524. The smallest absolute Gasteiger partial charge is 0.331 e. The molecule has 2 atom stereocenters. The molecule has 1 aliphatic heterocycles. The van der Waals surface area contributed by atoms with E-state index in [1.54, 1.807) is 18.2 Å². The lowest BCUT2D eigenvalue weighted by atomic mass is 9.65. The zero-order valence-corrected chi connectivity index (χ0v) is 16.4. The second-order valence-corrected chi connectivity index (χ2v) is 9.16. The van der Waals surface area contributed by atoms with Gasteiger partial charge >= 0.3 is 5.97 Å². The molecule has 1 saturated heterocycles. The normalized spacial score (nSPS) is 26.9. The van der Waals surface area contributed by atoms with Gasteiger partial charge in [0.15, 0.2) is 6.61 Å². The van der Waals surface area contributed by atoms with Crippen LogP contribution in [0.5, 0.6) is 0 Å². The van der Waals surface area contributed by atoms with Crippen LogP contribution in [0, 0.1) is 10.8 Å². The van der Waals surface area contributed by atoms with Crippen molar-refractivity contribution in [1.29, 1.82) is 0 Å². The standard InChI is InChI=1S/C21H26ClNO3/c1-20(2)10-17-11-21(3,13-20)14-23(17)18(24)12-26-19(25)9-6-15-4-7-16(22)8-5-15/h4-9,17H,10-14H2,1-3H3/b9-6+/t17-,21-/m1/s1. The van der Waals surface area contributed by atoms with Crippen LogP contribution in [0.2, 0.25) is 5.02 Å². The molecule has 26 heavy (non-hydrogen) atoms. The van der Waals surface area contributed by atoms with Gasteiger partial charge in [0.2, 0.25) is 0 Å². The summed E-state index contributed by atoms with van der Waals surface area (Å²) in [6.07, 6.45) is 6.17. The molecule has 2 bridgehead atoms. The lowest BCUT2D eigenvalue weighted by molar-refractivity contribution is -0.148. The van der Waals surface area contributed by atoms with Crippen molar-refractivity contribution >= 4 is 29.6 Å². The Bertz CT molecular complexity index is 725. The number of ether oxygens (including phenoxy) is 1. The van der Waals surface area contributed by atoms with Crippen molar-refractivity contribution < 1.29 is 14.3 Å². The fourth-order valence-electron chi connectivity index (χ4n) is 4.75. The third-order valence-corrected chi connectivity index (χ3v) is 5.61. The minimum atomic E-state index is -0.512. The zero-order chi connectivity index (χ0) is 18.9. The predicted molar refractivity (Wildman–Crippen MR) is 103 cm³/mol. The molecule has 1 aliphatic carbocycles. The summed E-state index contributed by atoms with van der Waals surface area (Å²) in [6, 6.07) is 7.39. The van der Waals surface area contributed by atoms with Crippen molar-refractivity contribution in [2.75, 3.05) is 13.2 Å². The highest BCUT2D eigenvalue weighted by Gasteiger charge is 2.50. The molecule has 3 rings (SSSR count). The summed E-state index contributed by atoms with van der Waals surface area (Å²) in [5.74, 6) is -0.605. The van der Waals surface area contributed by atoms with Gasteiger partial charge in [-0.05, 0) is 53.9 Å². The number of fused-ring (bicyclic) bond motifs is 2. The Balaban J connectivity index is 1.52. The number of esters is 1. The molecular formula is C21H26ClNO3. The van der Waals surface area contributed by atoms with Crippen molar-refractivity contribution in [1.82, 2.24) is 4.90 Å². The van der Waals surface area contributed by atoms with Gasteiger partial charge in [-0.25, -0.2) is 4.79 Å². The van der Waals surface area contributed by atoms with Crippen molar-refractivity contribution in [3.05, 3.63) is 40.9 Å².